The summed E-state index contributed by atoms with van der Waals surface area (Å²) in [5.41, 5.74) is 0. The van der Waals surface area contributed by atoms with E-state index in [1.165, 1.54) is 6.82 Å². The predicted octanol–water partition coefficient (Wildman–Crippen LogP) is -2.91. The van der Waals surface area contributed by atoms with Gasteiger partial charge >= 0.3 is 35.7 Å². The first-order valence-corrected chi connectivity index (χ1v) is 4.39. The van der Waals surface area contributed by atoms with E-state index >= 15 is 0 Å². The fourth-order valence-electron chi connectivity index (χ4n) is 1.35. The van der Waals surface area contributed by atoms with Crippen molar-refractivity contribution in [3.05, 3.63) is 0 Å². The zero-order valence-electron chi connectivity index (χ0n) is 7.64. The third-order valence-electron chi connectivity index (χ3n) is 2.07. The van der Waals surface area contributed by atoms with Gasteiger partial charge in [-0.05, 0) is 0 Å². The van der Waals surface area contributed by atoms with E-state index in [2.05, 4.69) is 9.14 Å². The minimum Gasteiger partial charge on any atom is -0.566 e. The molecule has 0 aromatic heterocycles. The molecular weight excluding hydrogens is 210 g/mol. The Hall–Kier alpha value is -0.0353. The molecule has 3 saturated heterocycles. The van der Waals surface area contributed by atoms with Crippen LogP contribution in [-0.4, -0.2) is 45.7 Å². The molecule has 0 atom stereocenters. The summed E-state index contributed by atoms with van der Waals surface area (Å²) in [6.07, 6.45) is 0. The van der Waals surface area contributed by atoms with Crippen molar-refractivity contribution in [1.29, 1.82) is 0 Å². The molecule has 9 nitrogen and oxygen atoms in total. The Morgan fingerprint density at radius 3 is 2.00 bits per heavy atom. The van der Waals surface area contributed by atoms with Crippen LogP contribution >= 0.6 is 0 Å². The summed E-state index contributed by atoms with van der Waals surface area (Å²) in [6, 6.07) is 0. The van der Waals surface area contributed by atoms with Gasteiger partial charge in [0.15, 0.2) is 0 Å². The Kier molecular flexibility index (Phi) is 2.03. The molecule has 80 valence electrons. The molecule has 2 N–H and O–H groups in total. The number of hydrogen-bond acceptors (Lipinski definition) is 9. The Morgan fingerprint density at radius 1 is 1.00 bits per heavy atom. The normalized spacial score (nSPS) is 31.0. The Bertz CT molecular complexity index is 260. The van der Waals surface area contributed by atoms with Gasteiger partial charge in [0, 0.05) is 0 Å². The molecule has 0 aromatic carbocycles. The van der Waals surface area contributed by atoms with Gasteiger partial charge in [-0.15, -0.1) is 6.82 Å². The van der Waals surface area contributed by atoms with Crippen molar-refractivity contribution >= 4 is 35.7 Å². The van der Waals surface area contributed by atoms with Gasteiger partial charge in [-0.1, -0.05) is 0 Å². The summed E-state index contributed by atoms with van der Waals surface area (Å²) in [7, 11) is -3.43. The lowest BCUT2D eigenvalue weighted by Crippen LogP contribution is -2.78. The average Bonchev–Trinajstić information content (AvgIpc) is 1.93. The molecule has 1 spiro atoms. The quantitative estimate of drug-likeness (QED) is 0.469. The molecule has 15 heavy (non-hydrogen) atoms. The molecule has 3 aliphatic heterocycles. The molecule has 3 heterocycles. The zero-order chi connectivity index (χ0) is 10.7. The van der Waals surface area contributed by atoms with Gasteiger partial charge in [-0.25, -0.2) is 0 Å². The summed E-state index contributed by atoms with van der Waals surface area (Å²) in [6.45, 7) is -3.15. The van der Waals surface area contributed by atoms with Gasteiger partial charge < -0.3 is 42.1 Å². The van der Waals surface area contributed by atoms with Crippen LogP contribution < -0.4 is 0 Å². The fourth-order valence-corrected chi connectivity index (χ4v) is 1.35. The van der Waals surface area contributed by atoms with Gasteiger partial charge in [-0.2, -0.15) is 0 Å². The van der Waals surface area contributed by atoms with Gasteiger partial charge in [0.05, 0.1) is 0 Å². The van der Waals surface area contributed by atoms with Crippen LogP contribution in [0.5, 0.6) is 0 Å². The van der Waals surface area contributed by atoms with Crippen LogP contribution in [0.2, 0.25) is 6.82 Å². The molecule has 0 amide bonds. The summed E-state index contributed by atoms with van der Waals surface area (Å²) in [5, 5.41) is 17.7. The molecule has 0 unspecified atom stereocenters. The molecule has 0 aliphatic carbocycles. The van der Waals surface area contributed by atoms with Crippen LogP contribution in [0.15, 0.2) is 0 Å². The predicted molar refractivity (Wildman–Crippen MR) is 46.7 cm³/mol. The first-order valence-electron chi connectivity index (χ1n) is 4.39. The molecule has 0 radical (unpaired) electrons. The second-order valence-corrected chi connectivity index (χ2v) is 3.45. The maximum absolute atomic E-state index is 9.06. The lowest BCUT2D eigenvalue weighted by Gasteiger charge is -2.61. The van der Waals surface area contributed by atoms with Crippen molar-refractivity contribution < 1.29 is 42.1 Å². The third-order valence-corrected chi connectivity index (χ3v) is 2.07. The van der Waals surface area contributed by atoms with Crippen LogP contribution in [0.25, 0.3) is 0 Å². The van der Waals surface area contributed by atoms with Gasteiger partial charge in [0.25, 0.3) is 0 Å². The van der Waals surface area contributed by atoms with E-state index in [0.29, 0.717) is 0 Å². The second kappa shape index (κ2) is 3.00. The summed E-state index contributed by atoms with van der Waals surface area (Å²) in [4.78, 5) is 0. The molecule has 3 fully saturated rings. The van der Waals surface area contributed by atoms with Crippen LogP contribution in [-0.2, 0) is 32.0 Å². The highest BCUT2D eigenvalue weighted by Crippen LogP contribution is 2.33. The Labute approximate surface area is 85.4 Å². The van der Waals surface area contributed by atoms with E-state index in [1.54, 1.807) is 0 Å². The van der Waals surface area contributed by atoms with Crippen molar-refractivity contribution in [3.63, 3.8) is 0 Å². The second-order valence-electron chi connectivity index (χ2n) is 3.45. The molecule has 3 rings (SSSR count). The van der Waals surface area contributed by atoms with Crippen molar-refractivity contribution in [2.45, 2.75) is 6.82 Å². The lowest BCUT2D eigenvalue weighted by atomic mass is 9.71. The minimum atomic E-state index is -2.29. The molecular formula is CH5B5O9-2. The Balaban J connectivity index is 1.39. The van der Waals surface area contributed by atoms with Crippen LogP contribution in [0.4, 0.5) is 0 Å². The van der Waals surface area contributed by atoms with E-state index in [4.69, 9.17) is 32.9 Å². The standard InChI is InChI=1S/CH5B5O9/c1-5(8)12-3(13-5)9-4-14-6(15-4)10-2(7)11-6/h7-8H,1H3/q-2. The summed E-state index contributed by atoms with van der Waals surface area (Å²) < 4.78 is 33.4. The van der Waals surface area contributed by atoms with Crippen molar-refractivity contribution in [3.8, 4) is 0 Å². The Morgan fingerprint density at radius 2 is 1.53 bits per heavy atom. The molecule has 3 aliphatic rings. The van der Waals surface area contributed by atoms with Crippen molar-refractivity contribution in [2.24, 2.45) is 0 Å². The molecule has 14 heteroatoms. The highest BCUT2D eigenvalue weighted by molar-refractivity contribution is 6.88. The van der Waals surface area contributed by atoms with E-state index in [1.807, 2.05) is 0 Å². The van der Waals surface area contributed by atoms with E-state index in [9.17, 15) is 0 Å². The minimum absolute atomic E-state index is 1.04. The van der Waals surface area contributed by atoms with Gasteiger partial charge in [0.1, 0.15) is 0 Å². The van der Waals surface area contributed by atoms with Crippen LogP contribution in [0, 0.1) is 0 Å². The monoisotopic (exact) mass is 216 g/mol. The smallest absolute Gasteiger partial charge is 0.553 e. The lowest BCUT2D eigenvalue weighted by molar-refractivity contribution is -0.0394. The maximum atomic E-state index is 9.06. The average molecular weight is 215 g/mol. The fraction of sp³-hybridized carbons (Fsp3) is 1.00. The van der Waals surface area contributed by atoms with Crippen molar-refractivity contribution in [2.75, 3.05) is 0 Å². The van der Waals surface area contributed by atoms with Crippen LogP contribution in [0.1, 0.15) is 0 Å². The topological polar surface area (TPSA) is 105 Å². The third kappa shape index (κ3) is 1.73. The highest BCUT2D eigenvalue weighted by Gasteiger charge is 2.60. The highest BCUT2D eigenvalue weighted by atomic mass is 17.0. The zero-order valence-corrected chi connectivity index (χ0v) is 7.64. The van der Waals surface area contributed by atoms with E-state index in [0.717, 1.165) is 0 Å². The van der Waals surface area contributed by atoms with E-state index < -0.39 is 35.7 Å². The largest absolute Gasteiger partial charge is 0.566 e. The first-order chi connectivity index (χ1) is 6.96. The molecule has 0 aromatic rings. The van der Waals surface area contributed by atoms with E-state index in [-0.39, 0.29) is 0 Å². The number of rotatable bonds is 2. The number of hydrogen-bond donors (Lipinski definition) is 2. The first kappa shape index (κ1) is 10.1. The van der Waals surface area contributed by atoms with Crippen LogP contribution in [0.3, 0.4) is 0 Å². The van der Waals surface area contributed by atoms with Crippen molar-refractivity contribution in [1.82, 2.24) is 0 Å². The molecule has 0 saturated carbocycles. The maximum Gasteiger partial charge on any atom is 0.553 e. The molecule has 0 bridgehead atoms. The SMILES string of the molecule is C[B-]1(O)OB(OB2O[B-]3(OB(O)O3)O2)O1. The van der Waals surface area contributed by atoms with Gasteiger partial charge in [0.2, 0.25) is 0 Å². The van der Waals surface area contributed by atoms with Gasteiger partial charge in [-0.3, -0.25) is 0 Å². The summed E-state index contributed by atoms with van der Waals surface area (Å²) in [5.74, 6) is 0. The summed E-state index contributed by atoms with van der Waals surface area (Å²) >= 11 is 0.